The van der Waals surface area contributed by atoms with Crippen LogP contribution >= 0.6 is 0 Å². The van der Waals surface area contributed by atoms with Crippen LogP contribution < -0.4 is 14.9 Å². The first-order valence-electron chi connectivity index (χ1n) is 21.8. The number of hydrogen-bond acceptors (Lipinski definition) is 10. The lowest BCUT2D eigenvalue weighted by Crippen LogP contribution is -2.49. The lowest BCUT2D eigenvalue weighted by atomic mass is 9.97. The van der Waals surface area contributed by atoms with E-state index < -0.39 is 28.3 Å². The van der Waals surface area contributed by atoms with Gasteiger partial charge in [0.1, 0.15) is 6.04 Å². The first kappa shape index (κ1) is 45.3. The molecule has 8 rings (SSSR count). The van der Waals surface area contributed by atoms with E-state index in [0.29, 0.717) is 13.0 Å². The average Bonchev–Trinajstić information content (AvgIpc) is 3.34. The van der Waals surface area contributed by atoms with Crippen LogP contribution in [-0.2, 0) is 43.9 Å². The zero-order chi connectivity index (χ0) is 45.3. The van der Waals surface area contributed by atoms with Gasteiger partial charge in [-0.25, -0.2) is 8.42 Å². The highest BCUT2D eigenvalue weighted by Gasteiger charge is 2.34. The monoisotopic (exact) mass is 895 g/mol. The zero-order valence-electron chi connectivity index (χ0n) is 36.2. The lowest BCUT2D eigenvalue weighted by Gasteiger charge is -2.41. The maximum atomic E-state index is 13.9. The van der Waals surface area contributed by atoms with Gasteiger partial charge in [0, 0.05) is 69.1 Å². The molecule has 0 radical (unpaired) electrons. The molecule has 14 heteroatoms. The molecule has 0 spiro atoms. The summed E-state index contributed by atoms with van der Waals surface area (Å²) in [6, 6.07) is 45.2. The quantitative estimate of drug-likeness (QED) is 0.0650. The topological polar surface area (TPSA) is 164 Å². The SMILES string of the molecule is Cc1ccc(S(=O)(=O)NC(Cc2ccccc2)C(=O)NCc2ccccc2-c2ccc(C3OC(CN4CCN(c5ccc([N+](=O)[O-])cc5)CC4)CC(c4ccc(CO)cc4)O3)cc2)cc1. The van der Waals surface area contributed by atoms with Crippen molar-refractivity contribution < 1.29 is 32.7 Å². The number of ether oxygens (including phenoxy) is 2. The van der Waals surface area contributed by atoms with E-state index in [1.54, 1.807) is 36.4 Å². The zero-order valence-corrected chi connectivity index (χ0v) is 37.0. The molecule has 2 aliphatic rings. The summed E-state index contributed by atoms with van der Waals surface area (Å²) in [6.07, 6.45) is -0.217. The molecule has 4 atom stereocenters. The number of rotatable bonds is 16. The second-order valence-electron chi connectivity index (χ2n) is 16.6. The van der Waals surface area contributed by atoms with Gasteiger partial charge in [-0.05, 0) is 71.0 Å². The van der Waals surface area contributed by atoms with Crippen LogP contribution in [0.1, 0.15) is 52.2 Å². The van der Waals surface area contributed by atoms with Gasteiger partial charge >= 0.3 is 0 Å². The number of benzene rings is 6. The van der Waals surface area contributed by atoms with Crippen LogP contribution in [-0.4, -0.2) is 74.1 Å². The fourth-order valence-electron chi connectivity index (χ4n) is 8.39. The number of nitrogens with one attached hydrogen (secondary N) is 2. The Morgan fingerprint density at radius 1 is 0.785 bits per heavy atom. The number of hydrogen-bond donors (Lipinski definition) is 3. The number of aryl methyl sites for hydroxylation is 1. The third-order valence-electron chi connectivity index (χ3n) is 12.1. The van der Waals surface area contributed by atoms with Crippen molar-refractivity contribution in [3.63, 3.8) is 0 Å². The van der Waals surface area contributed by atoms with Gasteiger partial charge in [-0.15, -0.1) is 0 Å². The van der Waals surface area contributed by atoms with Gasteiger partial charge in [-0.1, -0.05) is 121 Å². The number of amides is 1. The summed E-state index contributed by atoms with van der Waals surface area (Å²) in [5.41, 5.74) is 8.17. The van der Waals surface area contributed by atoms with Gasteiger partial charge in [0.05, 0.1) is 28.6 Å². The van der Waals surface area contributed by atoms with Crippen molar-refractivity contribution >= 4 is 27.3 Å². The maximum absolute atomic E-state index is 13.9. The number of aliphatic hydroxyl groups is 1. The maximum Gasteiger partial charge on any atom is 0.269 e. The molecule has 1 amide bonds. The molecule has 3 N–H and O–H groups in total. The molecule has 6 aromatic rings. The van der Waals surface area contributed by atoms with Crippen LogP contribution in [0, 0.1) is 17.0 Å². The lowest BCUT2D eigenvalue weighted by molar-refractivity contribution is -0.384. The molecule has 2 heterocycles. The van der Waals surface area contributed by atoms with Gasteiger partial charge in [0.25, 0.3) is 5.69 Å². The van der Waals surface area contributed by atoms with E-state index in [4.69, 9.17) is 9.47 Å². The van der Waals surface area contributed by atoms with Crippen LogP contribution in [0.4, 0.5) is 11.4 Å². The summed E-state index contributed by atoms with van der Waals surface area (Å²) < 4.78 is 43.0. The summed E-state index contributed by atoms with van der Waals surface area (Å²) >= 11 is 0. The van der Waals surface area contributed by atoms with Crippen LogP contribution in [0.25, 0.3) is 11.1 Å². The van der Waals surface area contributed by atoms with Crippen LogP contribution in [0.3, 0.4) is 0 Å². The number of piperazine rings is 1. The minimum absolute atomic E-state index is 0.0429. The molecule has 0 bridgehead atoms. The van der Waals surface area contributed by atoms with E-state index in [1.807, 2.05) is 110 Å². The normalized spacial score (nSPS) is 18.5. The molecule has 13 nitrogen and oxygen atoms in total. The van der Waals surface area contributed by atoms with Crippen molar-refractivity contribution in [2.24, 2.45) is 0 Å². The molecule has 0 aliphatic carbocycles. The number of sulfonamides is 1. The van der Waals surface area contributed by atoms with Crippen molar-refractivity contribution in [1.82, 2.24) is 14.9 Å². The molecular formula is C51H53N5O8S. The number of carbonyl (C=O) groups excluding carboxylic acids is 1. The second kappa shape index (κ2) is 20.7. The molecular weight excluding hydrogens is 843 g/mol. The summed E-state index contributed by atoms with van der Waals surface area (Å²) in [6.45, 7) is 5.90. The van der Waals surface area contributed by atoms with Crippen LogP contribution in [0.2, 0.25) is 0 Å². The van der Waals surface area contributed by atoms with Crippen molar-refractivity contribution in [1.29, 1.82) is 0 Å². The van der Waals surface area contributed by atoms with E-state index in [-0.39, 0.29) is 47.3 Å². The van der Waals surface area contributed by atoms with Crippen LogP contribution in [0.5, 0.6) is 0 Å². The molecule has 0 saturated carbocycles. The van der Waals surface area contributed by atoms with Gasteiger partial charge < -0.3 is 24.8 Å². The summed E-state index contributed by atoms with van der Waals surface area (Å²) in [5.74, 6) is -0.442. The van der Waals surface area contributed by atoms with E-state index in [0.717, 1.165) is 76.4 Å². The number of anilines is 1. The fourth-order valence-corrected chi connectivity index (χ4v) is 9.58. The van der Waals surface area contributed by atoms with E-state index in [9.17, 15) is 28.4 Å². The van der Waals surface area contributed by atoms with Gasteiger partial charge in [-0.2, -0.15) is 4.72 Å². The Morgan fingerprint density at radius 2 is 1.45 bits per heavy atom. The molecule has 2 fully saturated rings. The summed E-state index contributed by atoms with van der Waals surface area (Å²) in [4.78, 5) is 29.4. The first-order chi connectivity index (χ1) is 31.5. The molecule has 2 saturated heterocycles. The molecule has 2 aliphatic heterocycles. The minimum atomic E-state index is -4.00. The first-order valence-corrected chi connectivity index (χ1v) is 23.3. The van der Waals surface area contributed by atoms with Gasteiger partial charge in [0.15, 0.2) is 6.29 Å². The number of aliphatic hydroxyl groups excluding tert-OH is 1. The molecule has 336 valence electrons. The van der Waals surface area contributed by atoms with Gasteiger partial charge in [0.2, 0.25) is 15.9 Å². The largest absolute Gasteiger partial charge is 0.392 e. The Bertz CT molecular complexity index is 2640. The third-order valence-corrected chi connectivity index (χ3v) is 13.6. The predicted molar refractivity (Wildman–Crippen MR) is 249 cm³/mol. The third kappa shape index (κ3) is 11.5. The highest BCUT2D eigenvalue weighted by Crippen LogP contribution is 2.39. The Balaban J connectivity index is 0.952. The number of nitro benzene ring substituents is 1. The highest BCUT2D eigenvalue weighted by atomic mass is 32.2. The number of carbonyl (C=O) groups is 1. The Kier molecular flexibility index (Phi) is 14.4. The molecule has 6 aromatic carbocycles. The highest BCUT2D eigenvalue weighted by molar-refractivity contribution is 7.89. The van der Waals surface area contributed by atoms with Crippen molar-refractivity contribution in [3.05, 3.63) is 195 Å². The molecule has 0 aromatic heterocycles. The van der Waals surface area contributed by atoms with Crippen molar-refractivity contribution in [2.75, 3.05) is 37.6 Å². The molecule has 4 unspecified atom stereocenters. The fraction of sp³-hybridized carbons (Fsp3) is 0.275. The Labute approximate surface area is 379 Å². The Morgan fingerprint density at radius 3 is 2.12 bits per heavy atom. The molecule has 65 heavy (non-hydrogen) atoms. The van der Waals surface area contributed by atoms with E-state index in [2.05, 4.69) is 19.8 Å². The predicted octanol–water partition coefficient (Wildman–Crippen LogP) is 7.64. The standard InChI is InChI=1S/C51H53N5O8S/c1-36-11-25-46(26-12-36)65(61,62)53-48(31-37-7-3-2-4-8-37)50(58)52-33-42-9-5-6-10-47(42)39-17-19-41(20-18-39)51-63-45(32-49(64-51)40-15-13-38(35-57)14-16-40)34-54-27-29-55(30-28-54)43-21-23-44(24-22-43)56(59)60/h2-26,45,48-49,51,53,57H,27-35H2,1H3,(H,52,58). The number of nitrogens with zero attached hydrogens (tertiary/aromatic N) is 3. The minimum Gasteiger partial charge on any atom is -0.392 e. The van der Waals surface area contributed by atoms with Crippen molar-refractivity contribution in [3.8, 4) is 11.1 Å². The summed E-state index contributed by atoms with van der Waals surface area (Å²) in [7, 11) is -4.00. The smallest absolute Gasteiger partial charge is 0.269 e. The summed E-state index contributed by atoms with van der Waals surface area (Å²) in [5, 5.41) is 23.8. The second-order valence-corrected chi connectivity index (χ2v) is 18.3. The van der Waals surface area contributed by atoms with Crippen molar-refractivity contribution in [2.45, 2.75) is 62.4 Å². The average molecular weight is 896 g/mol. The van der Waals surface area contributed by atoms with E-state index in [1.165, 1.54) is 12.1 Å². The Hall–Kier alpha value is -6.26. The number of non-ortho nitro benzene ring substituents is 1. The van der Waals surface area contributed by atoms with Gasteiger partial charge in [-0.3, -0.25) is 19.8 Å². The van der Waals surface area contributed by atoms with Crippen LogP contribution in [0.15, 0.2) is 157 Å². The van der Waals surface area contributed by atoms with E-state index >= 15 is 0 Å². The number of nitro groups is 1.